The van der Waals surface area contributed by atoms with Crippen molar-refractivity contribution in [3.63, 3.8) is 0 Å². The van der Waals surface area contributed by atoms with Crippen LogP contribution in [-0.4, -0.2) is 54.1 Å². The van der Waals surface area contributed by atoms with Crippen molar-refractivity contribution in [2.45, 2.75) is 92.1 Å². The quantitative estimate of drug-likeness (QED) is 0.279. The molecule has 4 aliphatic rings. The summed E-state index contributed by atoms with van der Waals surface area (Å²) in [4.78, 5) is 65.4. The van der Waals surface area contributed by atoms with Crippen LogP contribution in [0.1, 0.15) is 78.1 Å². The second-order valence-corrected chi connectivity index (χ2v) is 13.2. The summed E-state index contributed by atoms with van der Waals surface area (Å²) in [5.74, 6) is -3.44. The summed E-state index contributed by atoms with van der Waals surface area (Å²) in [6.07, 6.45) is -2.86. The zero-order valence-corrected chi connectivity index (χ0v) is 25.4. The Hall–Kier alpha value is -3.49. The lowest BCUT2D eigenvalue weighted by molar-refractivity contribution is -0.194. The summed E-state index contributed by atoms with van der Waals surface area (Å²) in [7, 11) is 0. The molecule has 5 rings (SSSR count). The first-order chi connectivity index (χ1) is 19.6. The Kier molecular flexibility index (Phi) is 6.98. The van der Waals surface area contributed by atoms with Crippen molar-refractivity contribution in [2.24, 2.45) is 33.5 Å². The van der Waals surface area contributed by atoms with Crippen molar-refractivity contribution in [3.05, 3.63) is 48.0 Å². The van der Waals surface area contributed by atoms with Gasteiger partial charge in [0.2, 0.25) is 0 Å². The van der Waals surface area contributed by atoms with Gasteiger partial charge in [-0.2, -0.15) is 0 Å². The van der Waals surface area contributed by atoms with E-state index in [1.165, 1.54) is 20.8 Å². The van der Waals surface area contributed by atoms with Gasteiger partial charge in [-0.1, -0.05) is 52.5 Å². The van der Waals surface area contributed by atoms with Crippen LogP contribution < -0.4 is 0 Å². The SMILES string of the molecule is C=C1[C@@H](OC(=O)c2ccccc2)CC[C@@]2(C)[C@@H](OC(C)=O)[C@H](OC(C)=O)C34[C@H](C)C(=O)C[C@@H]([C@@H](OC(C)=O)C132)C4(C)C. The molecule has 0 aromatic heterocycles. The van der Waals surface area contributed by atoms with E-state index in [-0.39, 0.29) is 12.2 Å². The molecule has 9 nitrogen and oxygen atoms in total. The van der Waals surface area contributed by atoms with Crippen molar-refractivity contribution in [1.29, 1.82) is 0 Å². The lowest BCUT2D eigenvalue weighted by atomic mass is 9.42. The standard InChI is InChI=1S/C33H40O9/c1-17-24(37)16-23-26(39-19(3)34)33-18(2)25(42-29(38)22-12-10-9-11-13-22)14-15-31(33,8)27(40-20(4)35)28(41-21(5)36)32(17,33)30(23,6)7/h9-13,17,23,25-28H,2,14-16H2,1,3-8H3/t17-,23+,25+,26-,27+,28+,31+,32?,33?/m1/s1. The van der Waals surface area contributed by atoms with Gasteiger partial charge in [0.25, 0.3) is 0 Å². The van der Waals surface area contributed by atoms with E-state index in [2.05, 4.69) is 6.58 Å². The molecule has 0 aliphatic heterocycles. The van der Waals surface area contributed by atoms with E-state index in [0.29, 0.717) is 24.0 Å². The number of carbonyl (C=O) groups excluding carboxylic acids is 5. The molecule has 4 aliphatic carbocycles. The molecule has 0 heterocycles. The predicted octanol–water partition coefficient (Wildman–Crippen LogP) is 4.61. The summed E-state index contributed by atoms with van der Waals surface area (Å²) >= 11 is 0. The summed E-state index contributed by atoms with van der Waals surface area (Å²) < 4.78 is 24.6. The highest BCUT2D eigenvalue weighted by molar-refractivity contribution is 5.90. The molecular weight excluding hydrogens is 540 g/mol. The number of hydrogen-bond acceptors (Lipinski definition) is 9. The van der Waals surface area contributed by atoms with Crippen LogP contribution in [-0.2, 0) is 38.1 Å². The monoisotopic (exact) mass is 580 g/mol. The summed E-state index contributed by atoms with van der Waals surface area (Å²) in [6, 6.07) is 8.61. The van der Waals surface area contributed by atoms with Crippen molar-refractivity contribution in [2.75, 3.05) is 0 Å². The first kappa shape index (κ1) is 30.0. The molecule has 4 fully saturated rings. The van der Waals surface area contributed by atoms with E-state index in [0.717, 1.165) is 0 Å². The summed E-state index contributed by atoms with van der Waals surface area (Å²) in [5.41, 5.74) is -3.39. The third kappa shape index (κ3) is 3.57. The zero-order valence-electron chi connectivity index (χ0n) is 25.4. The Balaban J connectivity index is 1.81. The fraction of sp³-hybridized carbons (Fsp3) is 0.606. The minimum atomic E-state index is -1.26. The van der Waals surface area contributed by atoms with Crippen LogP contribution in [0.5, 0.6) is 0 Å². The smallest absolute Gasteiger partial charge is 0.338 e. The maximum Gasteiger partial charge on any atom is 0.338 e. The maximum absolute atomic E-state index is 13.9. The van der Waals surface area contributed by atoms with Crippen LogP contribution in [0.2, 0.25) is 0 Å². The minimum absolute atomic E-state index is 0.0625. The highest BCUT2D eigenvalue weighted by atomic mass is 16.6. The molecular formula is C33H40O9. The Bertz CT molecular complexity index is 1360. The Morgan fingerprint density at radius 1 is 0.833 bits per heavy atom. The van der Waals surface area contributed by atoms with Gasteiger partial charge in [0, 0.05) is 49.9 Å². The maximum atomic E-state index is 13.9. The fourth-order valence-corrected chi connectivity index (χ4v) is 10.0. The molecule has 2 spiro atoms. The number of fused-ring (bicyclic) bond motifs is 1. The summed E-state index contributed by atoms with van der Waals surface area (Å²) in [6.45, 7) is 16.2. The van der Waals surface area contributed by atoms with Crippen LogP contribution >= 0.6 is 0 Å². The number of ether oxygens (including phenoxy) is 4. The minimum Gasteiger partial charge on any atom is -0.461 e. The number of ketones is 1. The van der Waals surface area contributed by atoms with Gasteiger partial charge in [0.05, 0.1) is 11.0 Å². The fourth-order valence-electron chi connectivity index (χ4n) is 10.0. The van der Waals surface area contributed by atoms with Crippen molar-refractivity contribution in [1.82, 2.24) is 0 Å². The van der Waals surface area contributed by atoms with E-state index >= 15 is 0 Å². The predicted molar refractivity (Wildman–Crippen MR) is 150 cm³/mol. The molecule has 1 aromatic carbocycles. The van der Waals surface area contributed by atoms with Gasteiger partial charge in [-0.05, 0) is 36.0 Å². The normalized spacial score (nSPS) is 39.5. The average Bonchev–Trinajstić information content (AvgIpc) is 3.15. The van der Waals surface area contributed by atoms with Gasteiger partial charge in [0.1, 0.15) is 30.2 Å². The molecule has 1 aromatic rings. The van der Waals surface area contributed by atoms with Crippen LogP contribution in [0.3, 0.4) is 0 Å². The first-order valence-corrected chi connectivity index (χ1v) is 14.6. The van der Waals surface area contributed by atoms with Crippen LogP contribution in [0.15, 0.2) is 42.5 Å². The molecule has 2 unspecified atom stereocenters. The second-order valence-electron chi connectivity index (χ2n) is 13.2. The van der Waals surface area contributed by atoms with Gasteiger partial charge in [-0.25, -0.2) is 4.79 Å². The summed E-state index contributed by atoms with van der Waals surface area (Å²) in [5, 5.41) is 0. The Morgan fingerprint density at radius 3 is 1.95 bits per heavy atom. The molecule has 226 valence electrons. The topological polar surface area (TPSA) is 122 Å². The Morgan fingerprint density at radius 2 is 1.38 bits per heavy atom. The van der Waals surface area contributed by atoms with Crippen molar-refractivity contribution >= 4 is 29.7 Å². The lowest BCUT2D eigenvalue weighted by Gasteiger charge is -2.60. The first-order valence-electron chi connectivity index (χ1n) is 14.6. The van der Waals surface area contributed by atoms with Crippen LogP contribution in [0, 0.1) is 33.5 Å². The number of benzene rings is 1. The molecule has 2 bridgehead atoms. The zero-order chi connectivity index (χ0) is 31.0. The molecule has 0 radical (unpaired) electrons. The van der Waals surface area contributed by atoms with E-state index < -0.39 is 81.8 Å². The van der Waals surface area contributed by atoms with Gasteiger partial charge in [-0.15, -0.1) is 0 Å². The third-order valence-corrected chi connectivity index (χ3v) is 11.2. The molecule has 4 saturated carbocycles. The number of hydrogen-bond donors (Lipinski definition) is 0. The number of carbonyl (C=O) groups is 5. The van der Waals surface area contributed by atoms with Gasteiger partial charge in [-0.3, -0.25) is 19.2 Å². The van der Waals surface area contributed by atoms with E-state index in [1.807, 2.05) is 27.7 Å². The van der Waals surface area contributed by atoms with Crippen molar-refractivity contribution in [3.8, 4) is 0 Å². The van der Waals surface area contributed by atoms with Gasteiger partial charge in [0.15, 0.2) is 0 Å². The number of rotatable bonds is 5. The highest BCUT2D eigenvalue weighted by Gasteiger charge is 2.92. The van der Waals surface area contributed by atoms with E-state index in [4.69, 9.17) is 18.9 Å². The highest BCUT2D eigenvalue weighted by Crippen LogP contribution is 2.86. The van der Waals surface area contributed by atoms with Gasteiger partial charge < -0.3 is 18.9 Å². The second kappa shape index (κ2) is 9.78. The van der Waals surface area contributed by atoms with Crippen LogP contribution in [0.4, 0.5) is 0 Å². The lowest BCUT2D eigenvalue weighted by Crippen LogP contribution is -2.63. The van der Waals surface area contributed by atoms with Crippen molar-refractivity contribution < 1.29 is 42.9 Å². The average molecular weight is 581 g/mol. The molecule has 0 amide bonds. The molecule has 9 atom stereocenters. The molecule has 42 heavy (non-hydrogen) atoms. The van der Waals surface area contributed by atoms with E-state index in [1.54, 1.807) is 30.3 Å². The number of esters is 4. The van der Waals surface area contributed by atoms with E-state index in [9.17, 15) is 24.0 Å². The van der Waals surface area contributed by atoms with Gasteiger partial charge >= 0.3 is 23.9 Å². The molecule has 0 saturated heterocycles. The third-order valence-electron chi connectivity index (χ3n) is 11.2. The Labute approximate surface area is 246 Å². The molecule has 0 N–H and O–H groups in total. The van der Waals surface area contributed by atoms with Crippen LogP contribution in [0.25, 0.3) is 0 Å². The number of Topliss-reactive ketones (excluding diaryl/α,β-unsaturated/α-hetero) is 1. The molecule has 9 heteroatoms. The largest absolute Gasteiger partial charge is 0.461 e.